The van der Waals surface area contributed by atoms with Crippen molar-refractivity contribution < 1.29 is 14.7 Å². The van der Waals surface area contributed by atoms with Gasteiger partial charge in [-0.25, -0.2) is 9.78 Å². The normalized spacial score (nSPS) is 10.7. The minimum Gasteiger partial charge on any atom is -0.478 e. The molecule has 3 rings (SSSR count). The van der Waals surface area contributed by atoms with Crippen molar-refractivity contribution in [1.29, 1.82) is 0 Å². The summed E-state index contributed by atoms with van der Waals surface area (Å²) in [4.78, 5) is 28.3. The van der Waals surface area contributed by atoms with Crippen LogP contribution in [0.25, 0.3) is 5.65 Å². The maximum Gasteiger partial charge on any atom is 0.337 e. The Hall–Kier alpha value is -2.67. The Kier molecular flexibility index (Phi) is 3.87. The number of hydrogen-bond acceptors (Lipinski definition) is 3. The number of imidazole rings is 1. The molecular formula is C16H12BrN3O3. The number of nitrogens with one attached hydrogen (secondary N) is 1. The summed E-state index contributed by atoms with van der Waals surface area (Å²) in [6.45, 7) is 1.74. The second-order valence-electron chi connectivity index (χ2n) is 4.92. The smallest absolute Gasteiger partial charge is 0.337 e. The number of aryl methyl sites for hydroxylation is 1. The van der Waals surface area contributed by atoms with Crippen LogP contribution in [0.3, 0.4) is 0 Å². The number of carbonyl (C=O) groups is 2. The topological polar surface area (TPSA) is 83.7 Å². The number of aromatic carboxylic acids is 1. The maximum atomic E-state index is 12.6. The van der Waals surface area contributed by atoms with Crippen LogP contribution in [0, 0.1) is 6.92 Å². The first-order valence-corrected chi connectivity index (χ1v) is 7.54. The standard InChI is InChI=1S/C16H12BrN3O3/c1-9-14(20-7-3-2-4-13(20)18-9)15(21)19-12-6-5-10(17)8-11(12)16(22)23/h2-8H,1H3,(H,19,21)(H,22,23). The van der Waals surface area contributed by atoms with Gasteiger partial charge in [0.05, 0.1) is 16.9 Å². The number of hydrogen-bond donors (Lipinski definition) is 2. The van der Waals surface area contributed by atoms with E-state index in [1.54, 1.807) is 41.8 Å². The molecule has 2 aromatic heterocycles. The molecule has 0 bridgehead atoms. The Morgan fingerprint density at radius 1 is 1.26 bits per heavy atom. The Balaban J connectivity index is 2.02. The van der Waals surface area contributed by atoms with E-state index in [-0.39, 0.29) is 11.3 Å². The molecule has 23 heavy (non-hydrogen) atoms. The lowest BCUT2D eigenvalue weighted by atomic mass is 10.1. The zero-order chi connectivity index (χ0) is 16.6. The van der Waals surface area contributed by atoms with Crippen molar-refractivity contribution in [2.75, 3.05) is 5.32 Å². The van der Waals surface area contributed by atoms with Crippen molar-refractivity contribution in [2.24, 2.45) is 0 Å². The Morgan fingerprint density at radius 2 is 2.04 bits per heavy atom. The van der Waals surface area contributed by atoms with E-state index in [0.29, 0.717) is 21.5 Å². The fourth-order valence-electron chi connectivity index (χ4n) is 2.37. The highest BCUT2D eigenvalue weighted by atomic mass is 79.9. The molecule has 0 aliphatic heterocycles. The first-order valence-electron chi connectivity index (χ1n) is 6.75. The molecule has 1 amide bonds. The molecule has 1 aromatic carbocycles. The Bertz CT molecular complexity index is 933. The van der Waals surface area contributed by atoms with Crippen molar-refractivity contribution in [3.8, 4) is 0 Å². The number of aromatic nitrogens is 2. The molecule has 0 atom stereocenters. The average molecular weight is 374 g/mol. The number of nitrogens with zero attached hydrogens (tertiary/aromatic N) is 2. The van der Waals surface area contributed by atoms with Crippen LogP contribution in [0.1, 0.15) is 26.5 Å². The lowest BCUT2D eigenvalue weighted by molar-refractivity contribution is 0.0698. The monoisotopic (exact) mass is 373 g/mol. The van der Waals surface area contributed by atoms with Crippen LogP contribution in [-0.4, -0.2) is 26.4 Å². The van der Waals surface area contributed by atoms with E-state index in [0.717, 1.165) is 0 Å². The molecule has 0 unspecified atom stereocenters. The van der Waals surface area contributed by atoms with E-state index in [1.165, 1.54) is 6.07 Å². The molecule has 0 radical (unpaired) electrons. The number of halogens is 1. The predicted molar refractivity (Wildman–Crippen MR) is 89.0 cm³/mol. The summed E-state index contributed by atoms with van der Waals surface area (Å²) in [6.07, 6.45) is 1.74. The number of carbonyl (C=O) groups excluding carboxylic acids is 1. The van der Waals surface area contributed by atoms with Crippen molar-refractivity contribution in [3.05, 3.63) is 64.0 Å². The Labute approximate surface area is 139 Å². The van der Waals surface area contributed by atoms with Gasteiger partial charge in [0.15, 0.2) is 0 Å². The van der Waals surface area contributed by atoms with Crippen molar-refractivity contribution in [2.45, 2.75) is 6.92 Å². The summed E-state index contributed by atoms with van der Waals surface area (Å²) in [7, 11) is 0. The van der Waals surface area contributed by atoms with Crippen molar-refractivity contribution >= 4 is 39.1 Å². The van der Waals surface area contributed by atoms with Crippen LogP contribution < -0.4 is 5.32 Å². The van der Waals surface area contributed by atoms with Gasteiger partial charge in [-0.2, -0.15) is 0 Å². The molecule has 0 aliphatic carbocycles. The third kappa shape index (κ3) is 2.83. The van der Waals surface area contributed by atoms with E-state index >= 15 is 0 Å². The molecule has 2 N–H and O–H groups in total. The van der Waals surface area contributed by atoms with Crippen LogP contribution in [0.5, 0.6) is 0 Å². The van der Waals surface area contributed by atoms with E-state index in [1.807, 2.05) is 6.07 Å². The van der Waals surface area contributed by atoms with Crippen molar-refractivity contribution in [1.82, 2.24) is 9.38 Å². The molecule has 0 aliphatic rings. The number of carboxylic acids is 1. The highest BCUT2D eigenvalue weighted by Crippen LogP contribution is 2.22. The quantitative estimate of drug-likeness (QED) is 0.737. The largest absolute Gasteiger partial charge is 0.478 e. The lowest BCUT2D eigenvalue weighted by Gasteiger charge is -2.09. The number of fused-ring (bicyclic) bond motifs is 1. The maximum absolute atomic E-state index is 12.6. The minimum absolute atomic E-state index is 0.0131. The first-order chi connectivity index (χ1) is 11.0. The van der Waals surface area contributed by atoms with Crippen LogP contribution in [0.4, 0.5) is 5.69 Å². The molecule has 116 valence electrons. The summed E-state index contributed by atoms with van der Waals surface area (Å²) in [5, 5.41) is 11.9. The van der Waals surface area contributed by atoms with Gasteiger partial charge in [-0.15, -0.1) is 0 Å². The molecular weight excluding hydrogens is 362 g/mol. The second-order valence-corrected chi connectivity index (χ2v) is 5.84. The van der Waals surface area contributed by atoms with Crippen molar-refractivity contribution in [3.63, 3.8) is 0 Å². The fourth-order valence-corrected chi connectivity index (χ4v) is 2.73. The van der Waals surface area contributed by atoms with Crippen LogP contribution >= 0.6 is 15.9 Å². The first kappa shape index (κ1) is 15.2. The number of anilines is 1. The summed E-state index contributed by atoms with van der Waals surface area (Å²) < 4.78 is 2.29. The van der Waals surface area contributed by atoms with E-state index in [9.17, 15) is 14.7 Å². The second kappa shape index (κ2) is 5.85. The van der Waals surface area contributed by atoms with Gasteiger partial charge in [0.1, 0.15) is 11.3 Å². The molecule has 6 nitrogen and oxygen atoms in total. The van der Waals surface area contributed by atoms with Gasteiger partial charge in [-0.3, -0.25) is 9.20 Å². The van der Waals surface area contributed by atoms with Gasteiger partial charge >= 0.3 is 5.97 Å². The molecule has 2 heterocycles. The summed E-state index contributed by atoms with van der Waals surface area (Å²) in [6, 6.07) is 10.1. The van der Waals surface area contributed by atoms with E-state index in [2.05, 4.69) is 26.2 Å². The average Bonchev–Trinajstić information content (AvgIpc) is 2.84. The van der Waals surface area contributed by atoms with Gasteiger partial charge in [-0.05, 0) is 37.3 Å². The van der Waals surface area contributed by atoms with Gasteiger partial charge in [0.25, 0.3) is 5.91 Å². The number of benzene rings is 1. The lowest BCUT2D eigenvalue weighted by Crippen LogP contribution is -2.17. The highest BCUT2D eigenvalue weighted by Gasteiger charge is 2.19. The third-order valence-corrected chi connectivity index (χ3v) is 3.87. The molecule has 0 spiro atoms. The minimum atomic E-state index is -1.11. The number of carboxylic acid groups (broad SMARTS) is 1. The molecule has 0 fully saturated rings. The number of rotatable bonds is 3. The van der Waals surface area contributed by atoms with Gasteiger partial charge < -0.3 is 10.4 Å². The molecule has 7 heteroatoms. The number of pyridine rings is 1. The molecule has 0 saturated heterocycles. The van der Waals surface area contributed by atoms with E-state index in [4.69, 9.17) is 0 Å². The summed E-state index contributed by atoms with van der Waals surface area (Å²) >= 11 is 3.22. The molecule has 0 saturated carbocycles. The molecule has 3 aromatic rings. The summed E-state index contributed by atoms with van der Waals surface area (Å²) in [5.41, 5.74) is 1.85. The van der Waals surface area contributed by atoms with Gasteiger partial charge in [0.2, 0.25) is 0 Å². The van der Waals surface area contributed by atoms with Crippen LogP contribution in [0.15, 0.2) is 47.1 Å². The van der Waals surface area contributed by atoms with Crippen LogP contribution in [0.2, 0.25) is 0 Å². The third-order valence-electron chi connectivity index (χ3n) is 3.38. The SMILES string of the molecule is Cc1nc2ccccn2c1C(=O)Nc1ccc(Br)cc1C(=O)O. The van der Waals surface area contributed by atoms with Crippen LogP contribution in [-0.2, 0) is 0 Å². The fraction of sp³-hybridized carbons (Fsp3) is 0.0625. The zero-order valence-corrected chi connectivity index (χ0v) is 13.7. The van der Waals surface area contributed by atoms with Gasteiger partial charge in [-0.1, -0.05) is 22.0 Å². The predicted octanol–water partition coefficient (Wildman–Crippen LogP) is 3.36. The Morgan fingerprint density at radius 3 is 2.78 bits per heavy atom. The zero-order valence-electron chi connectivity index (χ0n) is 12.1. The van der Waals surface area contributed by atoms with Gasteiger partial charge in [0, 0.05) is 10.7 Å². The van der Waals surface area contributed by atoms with E-state index < -0.39 is 11.9 Å². The number of amides is 1. The summed E-state index contributed by atoms with van der Waals surface area (Å²) in [5.74, 6) is -1.53. The highest BCUT2D eigenvalue weighted by molar-refractivity contribution is 9.10.